The maximum Gasteiger partial charge on any atom is 0.348 e. The highest BCUT2D eigenvalue weighted by atomic mass is 79.9. The van der Waals surface area contributed by atoms with Crippen LogP contribution in [0.25, 0.3) is 10.2 Å². The van der Waals surface area contributed by atoms with Gasteiger partial charge in [0.2, 0.25) is 0 Å². The molecule has 0 N–H and O–H groups in total. The molecule has 0 aliphatic heterocycles. The van der Waals surface area contributed by atoms with Crippen molar-refractivity contribution in [3.05, 3.63) is 97.3 Å². The lowest BCUT2D eigenvalue weighted by Gasteiger charge is -2.06. The first kappa shape index (κ1) is 20.5. The molecule has 2 aromatic heterocycles. The smallest absolute Gasteiger partial charge is 0.348 e. The van der Waals surface area contributed by atoms with Crippen molar-refractivity contribution in [2.24, 2.45) is 0 Å². The highest BCUT2D eigenvalue weighted by Crippen LogP contribution is 2.27. The Bertz CT molecular complexity index is 1250. The van der Waals surface area contributed by atoms with E-state index in [4.69, 9.17) is 4.74 Å². The second kappa shape index (κ2) is 8.93. The first-order chi connectivity index (χ1) is 14.5. The van der Waals surface area contributed by atoms with Crippen molar-refractivity contribution >= 4 is 43.5 Å². The average Bonchev–Trinajstić information content (AvgIpc) is 3.09. The number of ether oxygens (including phenoxy) is 1. The fourth-order valence-electron chi connectivity index (χ4n) is 3.22. The van der Waals surface area contributed by atoms with Gasteiger partial charge < -0.3 is 4.74 Å². The van der Waals surface area contributed by atoms with Crippen LogP contribution in [0.4, 0.5) is 0 Å². The summed E-state index contributed by atoms with van der Waals surface area (Å²) in [6, 6.07) is 17.6. The molecule has 0 radical (unpaired) electrons. The van der Waals surface area contributed by atoms with Gasteiger partial charge in [0.05, 0.1) is 24.9 Å². The molecule has 2 heterocycles. The van der Waals surface area contributed by atoms with Gasteiger partial charge in [-0.1, -0.05) is 58.4 Å². The highest BCUT2D eigenvalue weighted by molar-refractivity contribution is 9.10. The summed E-state index contributed by atoms with van der Waals surface area (Å²) >= 11 is 4.62. The SMILES string of the molecule is Cc1c(C(=O)OCCc2ccccc2)sc2ncn(Cc3ccc(Br)cc3)c(=O)c12. The molecule has 0 saturated heterocycles. The van der Waals surface area contributed by atoms with E-state index in [1.807, 2.05) is 54.6 Å². The quantitative estimate of drug-likeness (QED) is 0.363. The molecule has 0 unspecified atom stereocenters. The van der Waals surface area contributed by atoms with Crippen molar-refractivity contribution in [3.8, 4) is 0 Å². The molecule has 0 fully saturated rings. The first-order valence-electron chi connectivity index (χ1n) is 9.47. The van der Waals surface area contributed by atoms with Gasteiger partial charge >= 0.3 is 5.97 Å². The number of aromatic nitrogens is 2. The largest absolute Gasteiger partial charge is 0.461 e. The van der Waals surface area contributed by atoms with Crippen LogP contribution in [0.3, 0.4) is 0 Å². The minimum atomic E-state index is -0.412. The van der Waals surface area contributed by atoms with Crippen molar-refractivity contribution in [3.63, 3.8) is 0 Å². The van der Waals surface area contributed by atoms with Crippen LogP contribution in [-0.4, -0.2) is 22.1 Å². The minimum Gasteiger partial charge on any atom is -0.461 e. The van der Waals surface area contributed by atoms with Crippen LogP contribution in [0.2, 0.25) is 0 Å². The van der Waals surface area contributed by atoms with Gasteiger partial charge in [0.25, 0.3) is 5.56 Å². The summed E-state index contributed by atoms with van der Waals surface area (Å²) in [6.45, 7) is 2.48. The number of benzene rings is 2. The summed E-state index contributed by atoms with van der Waals surface area (Å²) in [5, 5.41) is 0.481. The summed E-state index contributed by atoms with van der Waals surface area (Å²) in [5.41, 5.74) is 2.58. The van der Waals surface area contributed by atoms with Crippen LogP contribution in [0.1, 0.15) is 26.4 Å². The Kier molecular flexibility index (Phi) is 6.11. The summed E-state index contributed by atoms with van der Waals surface area (Å²) in [5.74, 6) is -0.412. The molecule has 7 heteroatoms. The maximum atomic E-state index is 13.0. The third kappa shape index (κ3) is 4.37. The van der Waals surface area contributed by atoms with Crippen LogP contribution in [0, 0.1) is 6.92 Å². The summed E-state index contributed by atoms with van der Waals surface area (Å²) < 4.78 is 8.00. The van der Waals surface area contributed by atoms with Gasteiger partial charge in [-0.25, -0.2) is 9.78 Å². The zero-order chi connectivity index (χ0) is 21.1. The molecule has 0 atom stereocenters. The van der Waals surface area contributed by atoms with E-state index in [1.54, 1.807) is 11.5 Å². The Morgan fingerprint density at radius 3 is 2.57 bits per heavy atom. The zero-order valence-corrected chi connectivity index (χ0v) is 18.7. The molecule has 0 aliphatic rings. The molecule has 0 aliphatic carbocycles. The van der Waals surface area contributed by atoms with Crippen molar-refractivity contribution in [1.29, 1.82) is 0 Å². The standard InChI is InChI=1S/C23H19BrN2O3S/c1-15-19-21(25-14-26(22(19)27)13-17-7-9-18(24)10-8-17)30-20(15)23(28)29-12-11-16-5-3-2-4-6-16/h2-10,14H,11-13H2,1H3. The number of halogens is 1. The van der Waals surface area contributed by atoms with Gasteiger partial charge in [-0.05, 0) is 35.7 Å². The number of rotatable bonds is 6. The summed E-state index contributed by atoms with van der Waals surface area (Å²) in [4.78, 5) is 31.0. The van der Waals surface area contributed by atoms with Gasteiger partial charge in [0.1, 0.15) is 9.71 Å². The average molecular weight is 483 g/mol. The van der Waals surface area contributed by atoms with E-state index in [0.29, 0.717) is 33.6 Å². The van der Waals surface area contributed by atoms with E-state index in [2.05, 4.69) is 20.9 Å². The maximum absolute atomic E-state index is 13.0. The minimum absolute atomic E-state index is 0.153. The number of hydrogen-bond acceptors (Lipinski definition) is 5. The summed E-state index contributed by atoms with van der Waals surface area (Å²) in [6.07, 6.45) is 2.18. The highest BCUT2D eigenvalue weighted by Gasteiger charge is 2.20. The van der Waals surface area contributed by atoms with E-state index in [-0.39, 0.29) is 12.2 Å². The number of hydrogen-bond donors (Lipinski definition) is 0. The lowest BCUT2D eigenvalue weighted by atomic mass is 10.2. The van der Waals surface area contributed by atoms with Crippen molar-refractivity contribution in [1.82, 2.24) is 9.55 Å². The molecule has 0 saturated carbocycles. The predicted molar refractivity (Wildman–Crippen MR) is 122 cm³/mol. The second-order valence-corrected chi connectivity index (χ2v) is 8.83. The van der Waals surface area contributed by atoms with Crippen molar-refractivity contribution in [2.45, 2.75) is 19.9 Å². The van der Waals surface area contributed by atoms with E-state index in [0.717, 1.165) is 15.6 Å². The molecule has 30 heavy (non-hydrogen) atoms. The third-order valence-corrected chi connectivity index (χ3v) is 6.54. The van der Waals surface area contributed by atoms with Crippen molar-refractivity contribution < 1.29 is 9.53 Å². The van der Waals surface area contributed by atoms with Gasteiger partial charge in [-0.15, -0.1) is 11.3 Å². The topological polar surface area (TPSA) is 61.2 Å². The van der Waals surface area contributed by atoms with Crippen LogP contribution in [-0.2, 0) is 17.7 Å². The molecule has 5 nitrogen and oxygen atoms in total. The first-order valence-corrected chi connectivity index (χ1v) is 11.1. The second-order valence-electron chi connectivity index (χ2n) is 6.91. The predicted octanol–water partition coefficient (Wildman–Crippen LogP) is 4.98. The molecule has 4 aromatic rings. The Morgan fingerprint density at radius 2 is 1.83 bits per heavy atom. The lowest BCUT2D eigenvalue weighted by Crippen LogP contribution is -2.21. The molecule has 0 amide bonds. The Morgan fingerprint density at radius 1 is 1.10 bits per heavy atom. The van der Waals surface area contributed by atoms with Gasteiger partial charge in [-0.3, -0.25) is 9.36 Å². The number of carbonyl (C=O) groups is 1. The zero-order valence-electron chi connectivity index (χ0n) is 16.3. The Balaban J connectivity index is 1.54. The van der Waals surface area contributed by atoms with E-state index >= 15 is 0 Å². The van der Waals surface area contributed by atoms with E-state index < -0.39 is 5.97 Å². The molecular weight excluding hydrogens is 464 g/mol. The molecular formula is C23H19BrN2O3S. The number of thiophene rings is 1. The number of carbonyl (C=O) groups excluding carboxylic acids is 1. The fraction of sp³-hybridized carbons (Fsp3) is 0.174. The molecule has 4 rings (SSSR count). The van der Waals surface area contributed by atoms with Crippen LogP contribution in [0.5, 0.6) is 0 Å². The van der Waals surface area contributed by atoms with Gasteiger partial charge in [-0.2, -0.15) is 0 Å². The molecule has 2 aromatic carbocycles. The number of esters is 1. The summed E-state index contributed by atoms with van der Waals surface area (Å²) in [7, 11) is 0. The molecule has 152 valence electrons. The number of nitrogens with zero attached hydrogens (tertiary/aromatic N) is 2. The lowest BCUT2D eigenvalue weighted by molar-refractivity contribution is 0.0514. The van der Waals surface area contributed by atoms with Crippen molar-refractivity contribution in [2.75, 3.05) is 6.61 Å². The molecule has 0 spiro atoms. The Hall–Kier alpha value is -2.77. The van der Waals surface area contributed by atoms with E-state index in [1.165, 1.54) is 17.7 Å². The van der Waals surface area contributed by atoms with Crippen LogP contribution in [0.15, 0.2) is 70.2 Å². The number of aryl methyl sites for hydroxylation is 1. The number of fused-ring (bicyclic) bond motifs is 1. The van der Waals surface area contributed by atoms with Crippen LogP contribution >= 0.6 is 27.3 Å². The van der Waals surface area contributed by atoms with Gasteiger partial charge in [0.15, 0.2) is 0 Å². The third-order valence-electron chi connectivity index (χ3n) is 4.84. The van der Waals surface area contributed by atoms with Crippen LogP contribution < -0.4 is 5.56 Å². The fourth-order valence-corrected chi connectivity index (χ4v) is 4.52. The monoisotopic (exact) mass is 482 g/mol. The normalized spacial score (nSPS) is 11.0. The van der Waals surface area contributed by atoms with Gasteiger partial charge in [0, 0.05) is 10.9 Å². The Labute approximate surface area is 186 Å². The van der Waals surface area contributed by atoms with E-state index in [9.17, 15) is 9.59 Å². The molecule has 0 bridgehead atoms.